The van der Waals surface area contributed by atoms with E-state index in [1.54, 1.807) is 11.3 Å². The number of thiazole rings is 1. The van der Waals surface area contributed by atoms with E-state index in [2.05, 4.69) is 29.2 Å². The zero-order chi connectivity index (χ0) is 15.6. The molecule has 23 heavy (non-hydrogen) atoms. The van der Waals surface area contributed by atoms with Crippen LogP contribution in [0.25, 0.3) is 10.6 Å². The maximum atomic E-state index is 12.7. The van der Waals surface area contributed by atoms with E-state index in [0.29, 0.717) is 5.91 Å². The van der Waals surface area contributed by atoms with Crippen LogP contribution >= 0.6 is 11.3 Å². The number of aromatic nitrogens is 1. The third-order valence-electron chi connectivity index (χ3n) is 5.02. The van der Waals surface area contributed by atoms with E-state index in [1.165, 1.54) is 35.4 Å². The summed E-state index contributed by atoms with van der Waals surface area (Å²) in [6.45, 7) is 1.59. The topological polar surface area (TPSA) is 33.2 Å². The number of fused-ring (bicyclic) bond motifs is 1. The van der Waals surface area contributed by atoms with Gasteiger partial charge in [-0.05, 0) is 12.8 Å². The second-order valence-electron chi connectivity index (χ2n) is 6.60. The van der Waals surface area contributed by atoms with E-state index in [-0.39, 0.29) is 5.92 Å². The van der Waals surface area contributed by atoms with Crippen LogP contribution in [0.4, 0.5) is 0 Å². The van der Waals surface area contributed by atoms with E-state index in [4.69, 9.17) is 4.98 Å². The highest BCUT2D eigenvalue weighted by molar-refractivity contribution is 7.15. The molecule has 1 fully saturated rings. The van der Waals surface area contributed by atoms with Gasteiger partial charge in [-0.1, -0.05) is 49.6 Å². The molecule has 0 spiro atoms. The third-order valence-corrected chi connectivity index (χ3v) is 6.15. The van der Waals surface area contributed by atoms with Crippen molar-refractivity contribution in [3.8, 4) is 10.6 Å². The molecule has 1 aromatic heterocycles. The lowest BCUT2D eigenvalue weighted by molar-refractivity contribution is -0.137. The van der Waals surface area contributed by atoms with Gasteiger partial charge in [-0.3, -0.25) is 4.79 Å². The van der Waals surface area contributed by atoms with Crippen LogP contribution in [0, 0.1) is 5.92 Å². The molecule has 1 saturated carbocycles. The van der Waals surface area contributed by atoms with Gasteiger partial charge in [-0.2, -0.15) is 0 Å². The minimum atomic E-state index is 0.270. The minimum Gasteiger partial charge on any atom is -0.337 e. The molecule has 2 heterocycles. The van der Waals surface area contributed by atoms with Gasteiger partial charge in [0.15, 0.2) is 0 Å². The summed E-state index contributed by atoms with van der Waals surface area (Å²) < 4.78 is 0. The van der Waals surface area contributed by atoms with E-state index < -0.39 is 0 Å². The van der Waals surface area contributed by atoms with Crippen molar-refractivity contribution in [3.05, 3.63) is 40.9 Å². The van der Waals surface area contributed by atoms with E-state index in [0.717, 1.165) is 37.4 Å². The van der Waals surface area contributed by atoms with Crippen molar-refractivity contribution in [3.63, 3.8) is 0 Å². The molecule has 4 rings (SSSR count). The maximum Gasteiger partial charge on any atom is 0.226 e. The van der Waals surface area contributed by atoms with Gasteiger partial charge in [0.25, 0.3) is 0 Å². The van der Waals surface area contributed by atoms with Gasteiger partial charge < -0.3 is 4.90 Å². The summed E-state index contributed by atoms with van der Waals surface area (Å²) in [5.41, 5.74) is 2.37. The first-order valence-electron chi connectivity index (χ1n) is 8.64. The van der Waals surface area contributed by atoms with Crippen molar-refractivity contribution in [2.75, 3.05) is 6.54 Å². The summed E-state index contributed by atoms with van der Waals surface area (Å²) >= 11 is 1.75. The molecule has 2 aliphatic rings. The van der Waals surface area contributed by atoms with Crippen LogP contribution < -0.4 is 0 Å². The number of hydrogen-bond donors (Lipinski definition) is 0. The van der Waals surface area contributed by atoms with Gasteiger partial charge in [-0.15, -0.1) is 11.3 Å². The molecule has 1 aliphatic heterocycles. The molecule has 1 aromatic carbocycles. The lowest BCUT2D eigenvalue weighted by atomic mass is 9.88. The Morgan fingerprint density at radius 1 is 1.13 bits per heavy atom. The van der Waals surface area contributed by atoms with Crippen molar-refractivity contribution in [1.29, 1.82) is 0 Å². The number of hydrogen-bond acceptors (Lipinski definition) is 3. The van der Waals surface area contributed by atoms with Gasteiger partial charge in [0, 0.05) is 29.3 Å². The highest BCUT2D eigenvalue weighted by Crippen LogP contribution is 2.33. The minimum absolute atomic E-state index is 0.270. The number of amides is 1. The summed E-state index contributed by atoms with van der Waals surface area (Å²) in [6, 6.07) is 10.3. The Balaban J connectivity index is 1.51. The largest absolute Gasteiger partial charge is 0.337 e. The van der Waals surface area contributed by atoms with Gasteiger partial charge in [0.1, 0.15) is 5.01 Å². The van der Waals surface area contributed by atoms with Crippen molar-refractivity contribution >= 4 is 17.2 Å². The number of carbonyl (C=O) groups excluding carboxylic acids is 1. The lowest BCUT2D eigenvalue weighted by Crippen LogP contribution is -2.40. The molecule has 1 aliphatic carbocycles. The SMILES string of the molecule is O=C(C1CCCCC1)N1CCc2nc(-c3ccccc3)sc2C1. The first-order chi connectivity index (χ1) is 11.3. The molecule has 4 heteroatoms. The van der Waals surface area contributed by atoms with Crippen LogP contribution in [-0.4, -0.2) is 22.3 Å². The first kappa shape index (κ1) is 14.9. The number of benzene rings is 1. The second kappa shape index (κ2) is 6.44. The summed E-state index contributed by atoms with van der Waals surface area (Å²) in [4.78, 5) is 20.9. The average Bonchev–Trinajstić information content (AvgIpc) is 3.06. The first-order valence-corrected chi connectivity index (χ1v) is 9.46. The number of rotatable bonds is 2. The Morgan fingerprint density at radius 3 is 2.70 bits per heavy atom. The van der Waals surface area contributed by atoms with Crippen molar-refractivity contribution in [2.24, 2.45) is 5.92 Å². The van der Waals surface area contributed by atoms with Gasteiger partial charge in [0.05, 0.1) is 12.2 Å². The molecular formula is C19H22N2OS. The third kappa shape index (κ3) is 3.05. The predicted octanol–water partition coefficient (Wildman–Crippen LogP) is 4.28. The van der Waals surface area contributed by atoms with Gasteiger partial charge in [0.2, 0.25) is 5.91 Å². The quantitative estimate of drug-likeness (QED) is 0.825. The van der Waals surface area contributed by atoms with Crippen LogP contribution in [0.5, 0.6) is 0 Å². The summed E-state index contributed by atoms with van der Waals surface area (Å²) in [7, 11) is 0. The van der Waals surface area contributed by atoms with Crippen molar-refractivity contribution in [1.82, 2.24) is 9.88 Å². The zero-order valence-electron chi connectivity index (χ0n) is 13.3. The Bertz CT molecular complexity index is 689. The Hall–Kier alpha value is -1.68. The monoisotopic (exact) mass is 326 g/mol. The van der Waals surface area contributed by atoms with E-state index >= 15 is 0 Å². The van der Waals surface area contributed by atoms with Crippen LogP contribution in [-0.2, 0) is 17.8 Å². The molecule has 0 unspecified atom stereocenters. The van der Waals surface area contributed by atoms with Gasteiger partial charge in [-0.25, -0.2) is 4.98 Å². The van der Waals surface area contributed by atoms with Crippen LogP contribution in [0.1, 0.15) is 42.7 Å². The van der Waals surface area contributed by atoms with E-state index in [9.17, 15) is 4.79 Å². The lowest BCUT2D eigenvalue weighted by Gasteiger charge is -2.31. The highest BCUT2D eigenvalue weighted by Gasteiger charge is 2.29. The normalized spacial score (nSPS) is 18.7. The zero-order valence-corrected chi connectivity index (χ0v) is 14.1. The number of nitrogens with zero attached hydrogens (tertiary/aromatic N) is 2. The molecule has 0 radical (unpaired) electrons. The fourth-order valence-electron chi connectivity index (χ4n) is 3.70. The van der Waals surface area contributed by atoms with E-state index in [1.807, 2.05) is 6.07 Å². The fraction of sp³-hybridized carbons (Fsp3) is 0.474. The highest BCUT2D eigenvalue weighted by atomic mass is 32.1. The Labute approximate surface area is 141 Å². The van der Waals surface area contributed by atoms with Crippen LogP contribution in [0.15, 0.2) is 30.3 Å². The molecule has 3 nitrogen and oxygen atoms in total. The summed E-state index contributed by atoms with van der Waals surface area (Å²) in [6.07, 6.45) is 6.79. The van der Waals surface area contributed by atoms with Crippen molar-refractivity contribution < 1.29 is 4.79 Å². The molecule has 0 bridgehead atoms. The molecule has 1 amide bonds. The Morgan fingerprint density at radius 2 is 1.91 bits per heavy atom. The standard InChI is InChI=1S/C19H22N2OS/c22-19(15-9-5-2-6-10-15)21-12-11-16-17(13-21)23-18(20-16)14-7-3-1-4-8-14/h1,3-4,7-8,15H,2,5-6,9-13H2. The van der Waals surface area contributed by atoms with Crippen LogP contribution in [0.3, 0.4) is 0 Å². The van der Waals surface area contributed by atoms with Crippen molar-refractivity contribution in [2.45, 2.75) is 45.1 Å². The molecule has 0 saturated heterocycles. The summed E-state index contributed by atoms with van der Waals surface area (Å²) in [5, 5.41) is 1.09. The Kier molecular flexibility index (Phi) is 4.17. The summed E-state index contributed by atoms with van der Waals surface area (Å²) in [5.74, 6) is 0.650. The average molecular weight is 326 g/mol. The van der Waals surface area contributed by atoms with Gasteiger partial charge >= 0.3 is 0 Å². The molecule has 120 valence electrons. The van der Waals surface area contributed by atoms with Crippen LogP contribution in [0.2, 0.25) is 0 Å². The molecule has 0 N–H and O–H groups in total. The smallest absolute Gasteiger partial charge is 0.226 e. The molecular weight excluding hydrogens is 304 g/mol. The molecule has 0 atom stereocenters. The predicted molar refractivity (Wildman–Crippen MR) is 93.2 cm³/mol. The second-order valence-corrected chi connectivity index (χ2v) is 7.68. The number of carbonyl (C=O) groups is 1. The molecule has 2 aromatic rings. The fourth-order valence-corrected chi connectivity index (χ4v) is 4.82. The maximum absolute atomic E-state index is 12.7.